The Labute approximate surface area is 121 Å². The lowest BCUT2D eigenvalue weighted by Crippen LogP contribution is -2.38. The van der Waals surface area contributed by atoms with Gasteiger partial charge in [0.15, 0.2) is 11.8 Å². The number of benzene rings is 1. The molecule has 0 saturated carbocycles. The summed E-state index contributed by atoms with van der Waals surface area (Å²) < 4.78 is 43.8. The van der Waals surface area contributed by atoms with Gasteiger partial charge < -0.3 is 9.73 Å². The fraction of sp³-hybridized carbons (Fsp3) is 0.154. The van der Waals surface area contributed by atoms with Gasteiger partial charge in [-0.15, -0.1) is 0 Å². The van der Waals surface area contributed by atoms with Crippen molar-refractivity contribution in [2.24, 2.45) is 0 Å². The molecule has 2 aromatic rings. The molecule has 22 heavy (non-hydrogen) atoms. The van der Waals surface area contributed by atoms with Gasteiger partial charge in [-0.25, -0.2) is 0 Å². The van der Waals surface area contributed by atoms with Gasteiger partial charge in [0.25, 0.3) is 5.91 Å². The van der Waals surface area contributed by atoms with Crippen LogP contribution in [0.15, 0.2) is 46.9 Å². The summed E-state index contributed by atoms with van der Waals surface area (Å²) in [6.45, 7) is 0. The Balaban J connectivity index is 2.23. The maximum atomic E-state index is 13.1. The van der Waals surface area contributed by atoms with E-state index in [1.165, 1.54) is 30.3 Å². The minimum atomic E-state index is -4.73. The van der Waals surface area contributed by atoms with E-state index in [1.54, 1.807) is 5.32 Å². The second-order valence-electron chi connectivity index (χ2n) is 4.25. The number of furan rings is 1. The largest absolute Gasteiger partial charge is 0.433 e. The zero-order chi connectivity index (χ0) is 16.3. The maximum Gasteiger partial charge on any atom is 0.433 e. The molecular weight excluding hydrogens is 305 g/mol. The predicted octanol–water partition coefficient (Wildman–Crippen LogP) is 3.22. The summed E-state index contributed by atoms with van der Waals surface area (Å²) >= 11 is 0. The second-order valence-corrected chi connectivity index (χ2v) is 4.25. The Morgan fingerprint density at radius 1 is 1.18 bits per heavy atom. The Kier molecular flexibility index (Phi) is 4.15. The van der Waals surface area contributed by atoms with Gasteiger partial charge in [-0.2, -0.15) is 13.2 Å². The van der Waals surface area contributed by atoms with E-state index in [1.807, 2.05) is 0 Å². The number of nitrogens with zero attached hydrogens (tertiary/aromatic N) is 1. The molecule has 0 aliphatic heterocycles. The van der Waals surface area contributed by atoms with Crippen molar-refractivity contribution in [1.82, 2.24) is 5.32 Å². The van der Waals surface area contributed by atoms with Crippen molar-refractivity contribution in [2.45, 2.75) is 12.2 Å². The topological polar surface area (TPSA) is 85.4 Å². The van der Waals surface area contributed by atoms with Crippen molar-refractivity contribution in [3.8, 4) is 0 Å². The quantitative estimate of drug-likeness (QED) is 0.693. The third-order valence-corrected chi connectivity index (χ3v) is 2.73. The van der Waals surface area contributed by atoms with Crippen molar-refractivity contribution >= 4 is 11.8 Å². The summed E-state index contributed by atoms with van der Waals surface area (Å²) in [5.41, 5.74) is -0.163. The molecule has 9 heteroatoms. The van der Waals surface area contributed by atoms with Crippen molar-refractivity contribution in [3.05, 3.63) is 63.9 Å². The molecule has 2 rings (SSSR count). The Bertz CT molecular complexity index is 682. The van der Waals surface area contributed by atoms with E-state index in [0.717, 1.165) is 12.1 Å². The molecule has 0 radical (unpaired) electrons. The SMILES string of the molecule is O=C(NC(c1ccccc1)C(F)(F)F)c1ccc([N+](=O)[O-])o1. The average Bonchev–Trinajstić information content (AvgIpc) is 2.94. The molecule has 1 heterocycles. The van der Waals surface area contributed by atoms with Crippen LogP contribution < -0.4 is 5.32 Å². The van der Waals surface area contributed by atoms with Crippen molar-refractivity contribution < 1.29 is 27.3 Å². The number of hydrogen-bond donors (Lipinski definition) is 1. The van der Waals surface area contributed by atoms with Crippen LogP contribution in [0.1, 0.15) is 22.2 Å². The first-order valence-electron chi connectivity index (χ1n) is 5.96. The van der Waals surface area contributed by atoms with Gasteiger partial charge in [-0.3, -0.25) is 14.9 Å². The van der Waals surface area contributed by atoms with Crippen LogP contribution in [0.25, 0.3) is 0 Å². The van der Waals surface area contributed by atoms with Gasteiger partial charge >= 0.3 is 12.1 Å². The lowest BCUT2D eigenvalue weighted by atomic mass is 10.1. The molecular formula is C13H9F3N2O4. The first kappa shape index (κ1) is 15.5. The van der Waals surface area contributed by atoms with Crippen LogP contribution in [-0.2, 0) is 0 Å². The third-order valence-electron chi connectivity index (χ3n) is 2.73. The Morgan fingerprint density at radius 2 is 1.82 bits per heavy atom. The van der Waals surface area contributed by atoms with Crippen LogP contribution >= 0.6 is 0 Å². The summed E-state index contributed by atoms with van der Waals surface area (Å²) in [7, 11) is 0. The molecule has 0 bridgehead atoms. The smallest absolute Gasteiger partial charge is 0.395 e. The highest BCUT2D eigenvalue weighted by Gasteiger charge is 2.42. The standard InChI is InChI=1S/C13H9F3N2O4/c14-13(15,16)11(8-4-2-1-3-5-8)17-12(19)9-6-7-10(22-9)18(20)21/h1-7,11H,(H,17,19). The first-order chi connectivity index (χ1) is 10.3. The summed E-state index contributed by atoms with van der Waals surface area (Å²) in [5, 5.41) is 12.2. The van der Waals surface area contributed by atoms with Gasteiger partial charge in [-0.1, -0.05) is 30.3 Å². The summed E-state index contributed by atoms with van der Waals surface area (Å²) in [5.74, 6) is -2.50. The van der Waals surface area contributed by atoms with Crippen LogP contribution in [0.2, 0.25) is 0 Å². The van der Waals surface area contributed by atoms with E-state index in [2.05, 4.69) is 4.42 Å². The number of carbonyl (C=O) groups excluding carboxylic acids is 1. The van der Waals surface area contributed by atoms with E-state index in [-0.39, 0.29) is 5.56 Å². The lowest BCUT2D eigenvalue weighted by Gasteiger charge is -2.21. The van der Waals surface area contributed by atoms with E-state index in [9.17, 15) is 28.1 Å². The summed E-state index contributed by atoms with van der Waals surface area (Å²) in [4.78, 5) is 21.3. The molecule has 116 valence electrons. The number of amides is 1. The van der Waals surface area contributed by atoms with Gasteiger partial charge in [0.1, 0.15) is 4.92 Å². The summed E-state index contributed by atoms with van der Waals surface area (Å²) in [6, 6.07) is 6.34. The maximum absolute atomic E-state index is 13.1. The van der Waals surface area contributed by atoms with Crippen molar-refractivity contribution in [1.29, 1.82) is 0 Å². The number of alkyl halides is 3. The molecule has 1 aromatic carbocycles. The molecule has 1 amide bonds. The minimum absolute atomic E-state index is 0.163. The molecule has 1 unspecified atom stereocenters. The molecule has 1 N–H and O–H groups in total. The van der Waals surface area contributed by atoms with E-state index < -0.39 is 34.7 Å². The third kappa shape index (κ3) is 3.43. The fourth-order valence-corrected chi connectivity index (χ4v) is 1.75. The highest BCUT2D eigenvalue weighted by atomic mass is 19.4. The highest BCUT2D eigenvalue weighted by molar-refractivity contribution is 5.92. The van der Waals surface area contributed by atoms with Gasteiger partial charge in [0.05, 0.1) is 6.07 Å². The monoisotopic (exact) mass is 314 g/mol. The predicted molar refractivity (Wildman–Crippen MR) is 68.1 cm³/mol. The number of halogens is 3. The Hall–Kier alpha value is -2.84. The van der Waals surface area contributed by atoms with Crippen LogP contribution in [0.3, 0.4) is 0 Å². The Morgan fingerprint density at radius 3 is 2.32 bits per heavy atom. The normalized spacial score (nSPS) is 12.7. The van der Waals surface area contributed by atoms with Crippen LogP contribution in [-0.4, -0.2) is 17.0 Å². The molecule has 0 saturated heterocycles. The zero-order valence-corrected chi connectivity index (χ0v) is 10.8. The number of rotatable bonds is 4. The lowest BCUT2D eigenvalue weighted by molar-refractivity contribution is -0.402. The number of hydrogen-bond acceptors (Lipinski definition) is 4. The molecule has 0 aliphatic carbocycles. The molecule has 0 aliphatic rings. The van der Waals surface area contributed by atoms with Crippen molar-refractivity contribution in [2.75, 3.05) is 0 Å². The summed E-state index contributed by atoms with van der Waals surface area (Å²) in [6.07, 6.45) is -4.73. The molecule has 0 spiro atoms. The van der Waals surface area contributed by atoms with Gasteiger partial charge in [-0.05, 0) is 11.6 Å². The molecule has 1 atom stereocenters. The molecule has 6 nitrogen and oxygen atoms in total. The van der Waals surface area contributed by atoms with Crippen LogP contribution in [0.4, 0.5) is 19.1 Å². The highest BCUT2D eigenvalue weighted by Crippen LogP contribution is 2.33. The zero-order valence-electron chi connectivity index (χ0n) is 10.8. The average molecular weight is 314 g/mol. The van der Waals surface area contributed by atoms with Gasteiger partial charge in [0, 0.05) is 0 Å². The second kappa shape index (κ2) is 5.88. The van der Waals surface area contributed by atoms with E-state index >= 15 is 0 Å². The minimum Gasteiger partial charge on any atom is -0.395 e. The van der Waals surface area contributed by atoms with Crippen molar-refractivity contribution in [3.63, 3.8) is 0 Å². The molecule has 0 fully saturated rings. The molecule has 1 aromatic heterocycles. The number of nitro groups is 1. The van der Waals surface area contributed by atoms with Gasteiger partial charge in [0.2, 0.25) is 0 Å². The first-order valence-corrected chi connectivity index (χ1v) is 5.96. The number of carbonyl (C=O) groups is 1. The van der Waals surface area contributed by atoms with E-state index in [4.69, 9.17) is 0 Å². The van der Waals surface area contributed by atoms with Crippen LogP contribution in [0, 0.1) is 10.1 Å². The number of nitrogens with one attached hydrogen (secondary N) is 1. The van der Waals surface area contributed by atoms with Crippen LogP contribution in [0.5, 0.6) is 0 Å². The fourth-order valence-electron chi connectivity index (χ4n) is 1.75. The van der Waals surface area contributed by atoms with E-state index in [0.29, 0.717) is 0 Å².